The Hall–Kier alpha value is -1.83. The first-order valence-corrected chi connectivity index (χ1v) is 4.84. The first kappa shape index (κ1) is 9.71. The number of halogens is 1. The van der Waals surface area contributed by atoms with Crippen molar-refractivity contribution in [2.45, 2.75) is 0 Å². The molecule has 2 aromatic carbocycles. The zero-order valence-corrected chi connectivity index (χ0v) is 8.50. The molecular weight excluding hydrogens is 189 g/mol. The van der Waals surface area contributed by atoms with Crippen molar-refractivity contribution in [1.82, 2.24) is 0 Å². The van der Waals surface area contributed by atoms with E-state index < -0.39 is 0 Å². The van der Waals surface area contributed by atoms with Crippen LogP contribution in [0.2, 0.25) is 0 Å². The van der Waals surface area contributed by atoms with Crippen LogP contribution in [0.3, 0.4) is 0 Å². The van der Waals surface area contributed by atoms with Crippen LogP contribution in [-0.2, 0) is 0 Å². The van der Waals surface area contributed by atoms with Crippen molar-refractivity contribution >= 4 is 5.69 Å². The number of nitrogens with one attached hydrogen (secondary N) is 1. The molecule has 1 N–H and O–H groups in total. The van der Waals surface area contributed by atoms with Crippen LogP contribution in [0.4, 0.5) is 10.1 Å². The number of benzene rings is 2. The van der Waals surface area contributed by atoms with Gasteiger partial charge in [0.25, 0.3) is 0 Å². The number of para-hydroxylation sites is 1. The Labute approximate surface area is 88.6 Å². The highest BCUT2D eigenvalue weighted by Crippen LogP contribution is 2.27. The molecule has 0 fully saturated rings. The van der Waals surface area contributed by atoms with Gasteiger partial charge in [-0.2, -0.15) is 0 Å². The van der Waals surface area contributed by atoms with E-state index in [4.69, 9.17) is 0 Å². The van der Waals surface area contributed by atoms with Crippen molar-refractivity contribution in [3.63, 3.8) is 0 Å². The summed E-state index contributed by atoms with van der Waals surface area (Å²) in [5.41, 5.74) is 3.14. The van der Waals surface area contributed by atoms with Gasteiger partial charge in [-0.15, -0.1) is 0 Å². The van der Waals surface area contributed by atoms with Crippen LogP contribution in [0.5, 0.6) is 0 Å². The Bertz CT molecular complexity index is 448. The van der Waals surface area contributed by atoms with E-state index in [9.17, 15) is 4.39 Å². The van der Waals surface area contributed by atoms with Crippen LogP contribution in [-0.4, -0.2) is 7.05 Å². The quantitative estimate of drug-likeness (QED) is 0.783. The molecule has 0 amide bonds. The Morgan fingerprint density at radius 2 is 1.60 bits per heavy atom. The molecule has 76 valence electrons. The second-order valence-electron chi connectivity index (χ2n) is 3.30. The summed E-state index contributed by atoms with van der Waals surface area (Å²) in [4.78, 5) is 0. The van der Waals surface area contributed by atoms with E-state index in [1.165, 1.54) is 12.1 Å². The summed E-state index contributed by atoms with van der Waals surface area (Å²) in [6.07, 6.45) is 0. The molecule has 0 heterocycles. The maximum absolute atomic E-state index is 12.8. The van der Waals surface area contributed by atoms with Crippen LogP contribution in [0.15, 0.2) is 48.5 Å². The number of hydrogen-bond acceptors (Lipinski definition) is 1. The van der Waals surface area contributed by atoms with E-state index in [-0.39, 0.29) is 5.82 Å². The minimum Gasteiger partial charge on any atom is -0.388 e. The average Bonchev–Trinajstić information content (AvgIpc) is 2.30. The second kappa shape index (κ2) is 4.13. The summed E-state index contributed by atoms with van der Waals surface area (Å²) in [7, 11) is 1.88. The Balaban J connectivity index is 2.49. The van der Waals surface area contributed by atoms with Crippen LogP contribution in [0, 0.1) is 5.82 Å². The molecule has 2 rings (SSSR count). The van der Waals surface area contributed by atoms with E-state index in [1.807, 2.05) is 31.3 Å². The summed E-state index contributed by atoms with van der Waals surface area (Å²) >= 11 is 0. The fraction of sp³-hybridized carbons (Fsp3) is 0.0769. The third kappa shape index (κ3) is 1.99. The molecule has 0 bridgehead atoms. The van der Waals surface area contributed by atoms with Gasteiger partial charge in [-0.05, 0) is 23.8 Å². The summed E-state index contributed by atoms with van der Waals surface area (Å²) in [6, 6.07) is 14.5. The second-order valence-corrected chi connectivity index (χ2v) is 3.30. The van der Waals surface area contributed by atoms with Gasteiger partial charge in [-0.3, -0.25) is 0 Å². The van der Waals surface area contributed by atoms with E-state index in [0.29, 0.717) is 0 Å². The molecular formula is C13H12FN. The van der Waals surface area contributed by atoms with Crippen molar-refractivity contribution < 1.29 is 4.39 Å². The zero-order chi connectivity index (χ0) is 10.7. The maximum Gasteiger partial charge on any atom is 0.123 e. The van der Waals surface area contributed by atoms with Crippen LogP contribution >= 0.6 is 0 Å². The van der Waals surface area contributed by atoms with E-state index in [0.717, 1.165) is 16.8 Å². The number of rotatable bonds is 2. The molecule has 0 atom stereocenters. The lowest BCUT2D eigenvalue weighted by Gasteiger charge is -2.08. The highest BCUT2D eigenvalue weighted by Gasteiger charge is 2.02. The predicted octanol–water partition coefficient (Wildman–Crippen LogP) is 3.53. The van der Waals surface area contributed by atoms with E-state index in [2.05, 4.69) is 5.32 Å². The molecule has 0 spiro atoms. The first-order chi connectivity index (χ1) is 7.31. The highest BCUT2D eigenvalue weighted by atomic mass is 19.1. The predicted molar refractivity (Wildman–Crippen MR) is 61.4 cm³/mol. The third-order valence-electron chi connectivity index (χ3n) is 2.35. The smallest absolute Gasteiger partial charge is 0.123 e. The molecule has 0 aromatic heterocycles. The molecule has 2 heteroatoms. The van der Waals surface area contributed by atoms with Crippen LogP contribution in [0.25, 0.3) is 11.1 Å². The Kier molecular flexibility index (Phi) is 2.68. The van der Waals surface area contributed by atoms with Gasteiger partial charge in [0.15, 0.2) is 0 Å². The number of hydrogen-bond donors (Lipinski definition) is 1. The molecule has 15 heavy (non-hydrogen) atoms. The Morgan fingerprint density at radius 1 is 0.933 bits per heavy atom. The normalized spacial score (nSPS) is 10.0. The lowest BCUT2D eigenvalue weighted by atomic mass is 10.0. The van der Waals surface area contributed by atoms with Crippen LogP contribution in [0.1, 0.15) is 0 Å². The largest absolute Gasteiger partial charge is 0.388 e. The van der Waals surface area contributed by atoms with Gasteiger partial charge in [-0.1, -0.05) is 30.3 Å². The van der Waals surface area contributed by atoms with Gasteiger partial charge in [-0.25, -0.2) is 4.39 Å². The topological polar surface area (TPSA) is 12.0 Å². The molecule has 0 unspecified atom stereocenters. The van der Waals surface area contributed by atoms with Crippen molar-refractivity contribution in [3.05, 3.63) is 54.3 Å². The van der Waals surface area contributed by atoms with Crippen molar-refractivity contribution in [2.75, 3.05) is 12.4 Å². The Morgan fingerprint density at radius 3 is 2.27 bits per heavy atom. The summed E-state index contributed by atoms with van der Waals surface area (Å²) in [5.74, 6) is -0.208. The summed E-state index contributed by atoms with van der Waals surface area (Å²) in [5, 5.41) is 3.11. The van der Waals surface area contributed by atoms with Gasteiger partial charge in [0, 0.05) is 18.3 Å². The van der Waals surface area contributed by atoms with Gasteiger partial charge in [0.2, 0.25) is 0 Å². The molecule has 1 nitrogen and oxygen atoms in total. The lowest BCUT2D eigenvalue weighted by molar-refractivity contribution is 0.628. The van der Waals surface area contributed by atoms with Crippen molar-refractivity contribution in [3.8, 4) is 11.1 Å². The van der Waals surface area contributed by atoms with E-state index in [1.54, 1.807) is 12.1 Å². The first-order valence-electron chi connectivity index (χ1n) is 4.84. The minimum atomic E-state index is -0.208. The fourth-order valence-corrected chi connectivity index (χ4v) is 1.58. The fourth-order valence-electron chi connectivity index (χ4n) is 1.58. The minimum absolute atomic E-state index is 0.208. The van der Waals surface area contributed by atoms with Gasteiger partial charge in [0.05, 0.1) is 0 Å². The monoisotopic (exact) mass is 201 g/mol. The molecule has 0 radical (unpaired) electrons. The zero-order valence-electron chi connectivity index (χ0n) is 8.50. The molecule has 0 aliphatic rings. The lowest BCUT2D eigenvalue weighted by Crippen LogP contribution is -1.91. The maximum atomic E-state index is 12.8. The van der Waals surface area contributed by atoms with Gasteiger partial charge in [0.1, 0.15) is 5.82 Å². The summed E-state index contributed by atoms with van der Waals surface area (Å²) in [6.45, 7) is 0. The standard InChI is InChI=1S/C13H12FN/c1-15-13-5-3-2-4-12(13)10-6-8-11(14)9-7-10/h2-9,15H,1H3. The average molecular weight is 201 g/mol. The highest BCUT2D eigenvalue weighted by molar-refractivity contribution is 5.77. The summed E-state index contributed by atoms with van der Waals surface area (Å²) < 4.78 is 12.8. The molecule has 2 aromatic rings. The van der Waals surface area contributed by atoms with Gasteiger partial charge < -0.3 is 5.32 Å². The van der Waals surface area contributed by atoms with Gasteiger partial charge >= 0.3 is 0 Å². The van der Waals surface area contributed by atoms with Crippen molar-refractivity contribution in [2.24, 2.45) is 0 Å². The molecule has 0 aliphatic carbocycles. The molecule has 0 saturated carbocycles. The third-order valence-corrected chi connectivity index (χ3v) is 2.35. The SMILES string of the molecule is CNc1ccccc1-c1ccc(F)cc1. The van der Waals surface area contributed by atoms with Crippen LogP contribution < -0.4 is 5.32 Å². The van der Waals surface area contributed by atoms with Crippen molar-refractivity contribution in [1.29, 1.82) is 0 Å². The number of anilines is 1. The van der Waals surface area contributed by atoms with E-state index >= 15 is 0 Å². The molecule has 0 saturated heterocycles. The molecule has 0 aliphatic heterocycles.